The quantitative estimate of drug-likeness (QED) is 0.234. The van der Waals surface area contributed by atoms with Gasteiger partial charge in [0.25, 0.3) is 0 Å². The number of thioether (sulfide) groups is 1. The van der Waals surface area contributed by atoms with Gasteiger partial charge < -0.3 is 10.2 Å². The van der Waals surface area contributed by atoms with Crippen LogP contribution in [-0.4, -0.2) is 53.2 Å². The van der Waals surface area contributed by atoms with Gasteiger partial charge in [-0.1, -0.05) is 60.7 Å². The van der Waals surface area contributed by atoms with Gasteiger partial charge >= 0.3 is 0 Å². The molecule has 3 heterocycles. The van der Waals surface area contributed by atoms with Gasteiger partial charge in [0.2, 0.25) is 0 Å². The highest BCUT2D eigenvalue weighted by Crippen LogP contribution is 2.57. The first-order chi connectivity index (χ1) is 21.2. The molecule has 2 fully saturated rings. The molecule has 9 heteroatoms. The average Bonchev–Trinajstić information content (AvgIpc) is 3.63. The number of allylic oxidation sites excluding steroid dienone is 1. The zero-order chi connectivity index (χ0) is 30.6. The lowest BCUT2D eigenvalue weighted by Crippen LogP contribution is -2.49. The number of carbonyl (C=O) groups is 1. The van der Waals surface area contributed by atoms with Crippen LogP contribution in [-0.2, 0) is 11.2 Å². The highest BCUT2D eigenvalue weighted by atomic mass is 32.2. The predicted molar refractivity (Wildman–Crippen MR) is 176 cm³/mol. The zero-order valence-corrected chi connectivity index (χ0v) is 27.2. The summed E-state index contributed by atoms with van der Waals surface area (Å²) in [5.41, 5.74) is 5.22. The zero-order valence-electron chi connectivity index (χ0n) is 25.6. The van der Waals surface area contributed by atoms with Crippen LogP contribution in [0, 0.1) is 30.1 Å². The second-order valence-electron chi connectivity index (χ2n) is 13.4. The van der Waals surface area contributed by atoms with E-state index in [0.29, 0.717) is 18.8 Å². The van der Waals surface area contributed by atoms with Crippen LogP contribution in [0.3, 0.4) is 0 Å². The van der Waals surface area contributed by atoms with Crippen molar-refractivity contribution >= 4 is 45.3 Å². The van der Waals surface area contributed by atoms with E-state index in [-0.39, 0.29) is 35.2 Å². The Morgan fingerprint density at radius 2 is 1.98 bits per heavy atom. The Morgan fingerprint density at radius 3 is 2.80 bits per heavy atom. The molecule has 7 rings (SSSR count). The maximum Gasteiger partial charge on any atom is 0.174 e. The Balaban J connectivity index is 1.12. The van der Waals surface area contributed by atoms with Gasteiger partial charge in [-0.3, -0.25) is 4.79 Å². The first kappa shape index (κ1) is 29.8. The Hall–Kier alpha value is -2.85. The number of Topliss-reactive ketones (excluding diaryl/α,β-unsaturated/α-hetero) is 1. The lowest BCUT2D eigenvalue weighted by atomic mass is 9.52. The van der Waals surface area contributed by atoms with Crippen molar-refractivity contribution in [3.8, 4) is 5.69 Å². The van der Waals surface area contributed by atoms with Crippen LogP contribution in [0.15, 0.2) is 58.7 Å². The lowest BCUT2D eigenvalue weighted by molar-refractivity contribution is -0.137. The first-order valence-electron chi connectivity index (χ1n) is 15.8. The fourth-order valence-corrected chi connectivity index (χ4v) is 10.2. The molecule has 4 aromatic rings. The third-order valence-electron chi connectivity index (χ3n) is 10.8. The fourth-order valence-electron chi connectivity index (χ4n) is 8.25. The number of rotatable bonds is 5. The molecular formula is C35H40N4O3S2. The number of aliphatic hydroxyl groups is 2. The summed E-state index contributed by atoms with van der Waals surface area (Å²) in [5, 5.41) is 28.6. The van der Waals surface area contributed by atoms with Crippen LogP contribution >= 0.6 is 23.1 Å². The van der Waals surface area contributed by atoms with Gasteiger partial charge in [-0.25, -0.2) is 14.6 Å². The first-order valence-corrected chi connectivity index (χ1v) is 17.6. The number of thiazole rings is 1. The number of ketones is 1. The van der Waals surface area contributed by atoms with Crippen LogP contribution in [0.2, 0.25) is 0 Å². The summed E-state index contributed by atoms with van der Waals surface area (Å²) in [6, 6.07) is 12.1. The van der Waals surface area contributed by atoms with Crippen molar-refractivity contribution in [1.29, 1.82) is 0 Å². The van der Waals surface area contributed by atoms with Crippen molar-refractivity contribution in [3.63, 3.8) is 0 Å². The SMILES string of the molecule is Cc1ccccc1-n1ncc2c1C=C1CCC3C(C)CCC(O)(C(=O)CSc4nc5cccnc5s4)CCC(O)C3C1(C)C2. The van der Waals surface area contributed by atoms with E-state index in [1.54, 1.807) is 6.20 Å². The standard InChI is InChI=1S/C35H40N4O3S2/c1-21-12-14-35(42,30(41)20-43-33-38-26-8-6-16-36-32(26)44-33)15-13-29(40)31-25(21)11-10-24-17-28-23(18-34(24,31)3)19-37-39(28)27-9-5-4-7-22(27)2/h4-9,16-17,19,21,25,29,31,40,42H,10-15,18,20H2,1-3H3. The Kier molecular flexibility index (Phi) is 7.80. The summed E-state index contributed by atoms with van der Waals surface area (Å²) in [6.45, 7) is 6.71. The number of fused-ring (bicyclic) bond motifs is 5. The second-order valence-corrected chi connectivity index (χ2v) is 15.6. The van der Waals surface area contributed by atoms with Crippen LogP contribution in [0.25, 0.3) is 22.1 Å². The number of pyridine rings is 1. The minimum atomic E-state index is -1.45. The van der Waals surface area contributed by atoms with Gasteiger partial charge in [-0.05, 0) is 110 Å². The number of carbonyl (C=O) groups excluding carboxylic acids is 1. The van der Waals surface area contributed by atoms with Gasteiger partial charge in [-0.15, -0.1) is 0 Å². The number of hydrogen-bond acceptors (Lipinski definition) is 8. The summed E-state index contributed by atoms with van der Waals surface area (Å²) in [5.74, 6) is 0.643. The molecule has 3 aliphatic carbocycles. The molecule has 2 N–H and O–H groups in total. The summed E-state index contributed by atoms with van der Waals surface area (Å²) in [6.07, 6.45) is 10.2. The van der Waals surface area contributed by atoms with E-state index in [1.165, 1.54) is 39.8 Å². The Morgan fingerprint density at radius 1 is 1.16 bits per heavy atom. The van der Waals surface area contributed by atoms with Crippen LogP contribution < -0.4 is 0 Å². The van der Waals surface area contributed by atoms with E-state index < -0.39 is 11.7 Å². The molecule has 2 saturated carbocycles. The maximum atomic E-state index is 13.6. The van der Waals surface area contributed by atoms with Gasteiger partial charge in [0.1, 0.15) is 15.9 Å². The summed E-state index contributed by atoms with van der Waals surface area (Å²) in [4.78, 5) is 23.4. The van der Waals surface area contributed by atoms with Gasteiger partial charge in [0.05, 0.1) is 29.4 Å². The van der Waals surface area contributed by atoms with Crippen molar-refractivity contribution < 1.29 is 15.0 Å². The molecule has 0 bridgehead atoms. The molecule has 44 heavy (non-hydrogen) atoms. The highest BCUT2D eigenvalue weighted by Gasteiger charge is 2.53. The van der Waals surface area contributed by atoms with Crippen LogP contribution in [0.5, 0.6) is 0 Å². The number of aromatic nitrogens is 4. The predicted octanol–water partition coefficient (Wildman–Crippen LogP) is 6.82. The fraction of sp³-hybridized carbons (Fsp3) is 0.486. The molecule has 3 aromatic heterocycles. The molecule has 230 valence electrons. The number of benzene rings is 1. The molecule has 1 aromatic carbocycles. The number of para-hydroxylation sites is 1. The van der Waals surface area contributed by atoms with Crippen molar-refractivity contribution in [2.24, 2.45) is 23.2 Å². The lowest BCUT2D eigenvalue weighted by Gasteiger charge is -2.53. The van der Waals surface area contributed by atoms with Crippen molar-refractivity contribution in [2.45, 2.75) is 81.8 Å². The largest absolute Gasteiger partial charge is 0.393 e. The van der Waals surface area contributed by atoms with E-state index in [0.717, 1.165) is 51.8 Å². The van der Waals surface area contributed by atoms with E-state index in [1.807, 2.05) is 18.3 Å². The average molecular weight is 629 g/mol. The van der Waals surface area contributed by atoms with Crippen molar-refractivity contribution in [1.82, 2.24) is 19.7 Å². The van der Waals surface area contributed by atoms with E-state index in [2.05, 4.69) is 65.8 Å². The minimum Gasteiger partial charge on any atom is -0.393 e. The van der Waals surface area contributed by atoms with Gasteiger partial charge in [-0.2, -0.15) is 5.10 Å². The second kappa shape index (κ2) is 11.5. The number of hydrogen-bond donors (Lipinski definition) is 2. The molecule has 0 aliphatic heterocycles. The molecule has 6 unspecified atom stereocenters. The summed E-state index contributed by atoms with van der Waals surface area (Å²) < 4.78 is 2.85. The molecule has 0 saturated heterocycles. The third kappa shape index (κ3) is 5.15. The molecule has 0 amide bonds. The summed E-state index contributed by atoms with van der Waals surface area (Å²) in [7, 11) is 0. The third-order valence-corrected chi connectivity index (χ3v) is 12.9. The highest BCUT2D eigenvalue weighted by molar-refractivity contribution is 8.01. The number of nitrogens with zero attached hydrogens (tertiary/aromatic N) is 4. The van der Waals surface area contributed by atoms with Gasteiger partial charge in [0.15, 0.2) is 10.1 Å². The van der Waals surface area contributed by atoms with E-state index in [9.17, 15) is 15.0 Å². The molecule has 0 spiro atoms. The van der Waals surface area contributed by atoms with Crippen molar-refractivity contribution in [3.05, 3.63) is 71.2 Å². The number of aliphatic hydroxyl groups excluding tert-OH is 1. The molecular weight excluding hydrogens is 589 g/mol. The number of aryl methyl sites for hydroxylation is 1. The van der Waals surface area contributed by atoms with Crippen molar-refractivity contribution in [2.75, 3.05) is 5.75 Å². The van der Waals surface area contributed by atoms with Gasteiger partial charge in [0, 0.05) is 6.20 Å². The van der Waals surface area contributed by atoms with E-state index >= 15 is 0 Å². The monoisotopic (exact) mass is 628 g/mol. The molecule has 7 nitrogen and oxygen atoms in total. The normalized spacial score (nSPS) is 30.3. The molecule has 6 atom stereocenters. The Bertz CT molecular complexity index is 1710. The molecule has 3 aliphatic rings. The molecule has 0 radical (unpaired) electrons. The topological polar surface area (TPSA) is 101 Å². The maximum absolute atomic E-state index is 13.6. The smallest absolute Gasteiger partial charge is 0.174 e. The van der Waals surface area contributed by atoms with Crippen LogP contribution in [0.4, 0.5) is 0 Å². The summed E-state index contributed by atoms with van der Waals surface area (Å²) >= 11 is 2.85. The Labute approximate surface area is 266 Å². The van der Waals surface area contributed by atoms with Crippen LogP contribution in [0.1, 0.15) is 69.2 Å². The minimum absolute atomic E-state index is 0.0505. The van der Waals surface area contributed by atoms with E-state index in [4.69, 9.17) is 5.10 Å².